The largest absolute Gasteiger partial charge is 0.486 e. The summed E-state index contributed by atoms with van der Waals surface area (Å²) in [6, 6.07) is 17.9. The van der Waals surface area contributed by atoms with Crippen molar-refractivity contribution in [1.82, 2.24) is 14.9 Å². The molecule has 0 atom stereocenters. The molecule has 0 spiro atoms. The lowest BCUT2D eigenvalue weighted by Crippen LogP contribution is -2.25. The first-order valence-electron chi connectivity index (χ1n) is 10.8. The number of hydrogen-bond acceptors (Lipinski definition) is 6. The van der Waals surface area contributed by atoms with Gasteiger partial charge in [-0.25, -0.2) is 4.98 Å². The normalized spacial score (nSPS) is 14.8. The molecule has 4 aromatic rings. The second-order valence-electron chi connectivity index (χ2n) is 7.94. The fraction of sp³-hybridized carbons (Fsp3) is 0.0769. The maximum absolute atomic E-state index is 13.3. The number of carbonyl (C=O) groups excluding carboxylic acids is 1. The Kier molecular flexibility index (Phi) is 6.57. The van der Waals surface area contributed by atoms with Crippen LogP contribution in [-0.2, 0) is 17.6 Å². The highest BCUT2D eigenvalue weighted by atomic mass is 32.2. The van der Waals surface area contributed by atoms with Crippen LogP contribution in [0.1, 0.15) is 17.0 Å². The van der Waals surface area contributed by atoms with Crippen molar-refractivity contribution in [3.05, 3.63) is 105 Å². The average molecular weight is 540 g/mol. The van der Waals surface area contributed by atoms with Crippen molar-refractivity contribution in [2.45, 2.75) is 12.8 Å². The Hall–Kier alpha value is -3.96. The van der Waals surface area contributed by atoms with Gasteiger partial charge >= 0.3 is 6.18 Å². The van der Waals surface area contributed by atoms with Gasteiger partial charge in [0.05, 0.1) is 27.1 Å². The molecule has 0 bridgehead atoms. The Morgan fingerprint density at radius 1 is 1.00 bits per heavy atom. The molecule has 1 aliphatic rings. The molecule has 1 fully saturated rings. The van der Waals surface area contributed by atoms with Crippen LogP contribution in [-0.4, -0.2) is 19.8 Å². The Morgan fingerprint density at radius 2 is 1.70 bits per heavy atom. The van der Waals surface area contributed by atoms with Gasteiger partial charge in [-0.3, -0.25) is 14.2 Å². The fourth-order valence-corrected chi connectivity index (χ4v) is 4.77. The number of alkyl halides is 3. The van der Waals surface area contributed by atoms with Gasteiger partial charge in [0.25, 0.3) is 11.5 Å². The molecule has 1 amide bonds. The molecule has 0 unspecified atom stereocenters. The zero-order chi connectivity index (χ0) is 26.2. The molecule has 0 aliphatic carbocycles. The smallest absolute Gasteiger partial charge is 0.416 e. The number of halogens is 3. The first-order chi connectivity index (χ1) is 17.7. The predicted molar refractivity (Wildman–Crippen MR) is 139 cm³/mol. The number of thioether (sulfide) groups is 1. The van der Waals surface area contributed by atoms with E-state index in [0.29, 0.717) is 25.9 Å². The van der Waals surface area contributed by atoms with Gasteiger partial charge in [-0.05, 0) is 60.2 Å². The molecule has 37 heavy (non-hydrogen) atoms. The molecule has 0 saturated carbocycles. The van der Waals surface area contributed by atoms with E-state index in [4.69, 9.17) is 17.0 Å². The number of fused-ring (bicyclic) bond motifs is 1. The standard InChI is InChI=1S/C26H16F3N3O3S2/c27-26(28,29)16-7-9-17(10-8-16)32-22(30-20-4-2-1-3-19(20)24(32)34)14-35-18-11-5-15(6-12-18)13-21-23(33)31-25(36)37-21/h1-13H,14H2,(H,31,33,36). The number of para-hydroxylation sites is 1. The summed E-state index contributed by atoms with van der Waals surface area (Å²) in [6.07, 6.45) is -2.79. The molecule has 5 rings (SSSR count). The van der Waals surface area contributed by atoms with E-state index in [1.807, 2.05) is 0 Å². The summed E-state index contributed by atoms with van der Waals surface area (Å²) in [5.41, 5.74) is 0.209. The number of aromatic nitrogens is 2. The first-order valence-corrected chi connectivity index (χ1v) is 12.1. The lowest BCUT2D eigenvalue weighted by atomic mass is 10.2. The molecular weight excluding hydrogens is 523 g/mol. The van der Waals surface area contributed by atoms with Crippen molar-refractivity contribution in [2.24, 2.45) is 0 Å². The van der Waals surface area contributed by atoms with Crippen LogP contribution in [0, 0.1) is 0 Å². The number of hydrogen-bond donors (Lipinski definition) is 1. The van der Waals surface area contributed by atoms with Crippen molar-refractivity contribution in [1.29, 1.82) is 0 Å². The van der Waals surface area contributed by atoms with Crippen LogP contribution in [0.3, 0.4) is 0 Å². The quantitative estimate of drug-likeness (QED) is 0.268. The number of nitrogens with zero attached hydrogens (tertiary/aromatic N) is 2. The summed E-state index contributed by atoms with van der Waals surface area (Å²) >= 11 is 6.17. The van der Waals surface area contributed by atoms with Crippen LogP contribution in [0.25, 0.3) is 22.7 Å². The number of thiocarbonyl (C=S) groups is 1. The van der Waals surface area contributed by atoms with E-state index in [-0.39, 0.29) is 24.0 Å². The number of ether oxygens (including phenoxy) is 1. The van der Waals surface area contributed by atoms with Crippen molar-refractivity contribution in [3.63, 3.8) is 0 Å². The zero-order valence-electron chi connectivity index (χ0n) is 18.8. The zero-order valence-corrected chi connectivity index (χ0v) is 20.4. The van der Waals surface area contributed by atoms with Crippen LogP contribution < -0.4 is 15.6 Å². The molecule has 2 heterocycles. The van der Waals surface area contributed by atoms with Gasteiger partial charge in [0.1, 0.15) is 16.7 Å². The van der Waals surface area contributed by atoms with Gasteiger partial charge in [-0.1, -0.05) is 48.2 Å². The minimum Gasteiger partial charge on any atom is -0.486 e. The Morgan fingerprint density at radius 3 is 2.35 bits per heavy atom. The van der Waals surface area contributed by atoms with Gasteiger partial charge in [-0.15, -0.1) is 0 Å². The second-order valence-corrected chi connectivity index (χ2v) is 9.66. The molecule has 3 aromatic carbocycles. The van der Waals surface area contributed by atoms with E-state index >= 15 is 0 Å². The van der Waals surface area contributed by atoms with E-state index in [1.165, 1.54) is 28.5 Å². The summed E-state index contributed by atoms with van der Waals surface area (Å²) in [5.74, 6) is 0.448. The highest BCUT2D eigenvalue weighted by molar-refractivity contribution is 8.26. The van der Waals surface area contributed by atoms with Crippen molar-refractivity contribution in [2.75, 3.05) is 0 Å². The topological polar surface area (TPSA) is 73.2 Å². The SMILES string of the molecule is O=C1NC(=S)SC1=Cc1ccc(OCc2nc3ccccc3c(=O)n2-c2ccc(C(F)(F)F)cc2)cc1. The van der Waals surface area contributed by atoms with Gasteiger partial charge in [0.15, 0.2) is 5.82 Å². The molecule has 0 radical (unpaired) electrons. The number of rotatable bonds is 5. The van der Waals surface area contributed by atoms with E-state index in [2.05, 4.69) is 10.3 Å². The predicted octanol–water partition coefficient (Wildman–Crippen LogP) is 5.47. The highest BCUT2D eigenvalue weighted by Crippen LogP contribution is 2.30. The Bertz CT molecular complexity index is 1610. The third-order valence-electron chi connectivity index (χ3n) is 5.49. The van der Waals surface area contributed by atoms with Crippen molar-refractivity contribution in [3.8, 4) is 11.4 Å². The summed E-state index contributed by atoms with van der Waals surface area (Å²) in [5, 5.41) is 2.89. The van der Waals surface area contributed by atoms with Gasteiger partial charge in [-0.2, -0.15) is 13.2 Å². The first kappa shape index (κ1) is 24.7. The van der Waals surface area contributed by atoms with Gasteiger partial charge in [0, 0.05) is 0 Å². The van der Waals surface area contributed by atoms with Gasteiger partial charge < -0.3 is 10.1 Å². The molecule has 1 aliphatic heterocycles. The summed E-state index contributed by atoms with van der Waals surface area (Å²) in [6.45, 7) is -0.117. The Labute approximate surface area is 217 Å². The Balaban J connectivity index is 1.44. The van der Waals surface area contributed by atoms with Gasteiger partial charge in [0.2, 0.25) is 0 Å². The number of amides is 1. The molecule has 1 aromatic heterocycles. The molecule has 186 valence electrons. The number of carbonyl (C=O) groups is 1. The van der Waals surface area contributed by atoms with Crippen LogP contribution in [0.2, 0.25) is 0 Å². The highest BCUT2D eigenvalue weighted by Gasteiger charge is 2.30. The summed E-state index contributed by atoms with van der Waals surface area (Å²) in [7, 11) is 0. The van der Waals surface area contributed by atoms with Crippen LogP contribution >= 0.6 is 24.0 Å². The molecule has 1 N–H and O–H groups in total. The fourth-order valence-electron chi connectivity index (χ4n) is 3.72. The molecule has 6 nitrogen and oxygen atoms in total. The number of benzene rings is 3. The summed E-state index contributed by atoms with van der Waals surface area (Å²) in [4.78, 5) is 30.2. The van der Waals surface area contributed by atoms with E-state index in [1.54, 1.807) is 54.6 Å². The number of nitrogens with one attached hydrogen (secondary N) is 1. The monoisotopic (exact) mass is 539 g/mol. The van der Waals surface area contributed by atoms with E-state index in [9.17, 15) is 22.8 Å². The maximum atomic E-state index is 13.3. The van der Waals surface area contributed by atoms with Crippen LogP contribution in [0.5, 0.6) is 5.75 Å². The molecular formula is C26H16F3N3O3S2. The minimum atomic E-state index is -4.49. The molecule has 1 saturated heterocycles. The third-order valence-corrected chi connectivity index (χ3v) is 6.65. The van der Waals surface area contributed by atoms with Crippen LogP contribution in [0.4, 0.5) is 13.2 Å². The lowest BCUT2D eigenvalue weighted by Gasteiger charge is -2.15. The lowest BCUT2D eigenvalue weighted by molar-refractivity contribution is -0.137. The van der Waals surface area contributed by atoms with E-state index in [0.717, 1.165) is 17.7 Å². The maximum Gasteiger partial charge on any atom is 0.416 e. The van der Waals surface area contributed by atoms with Crippen LogP contribution in [0.15, 0.2) is 82.5 Å². The van der Waals surface area contributed by atoms with Crippen molar-refractivity contribution < 1.29 is 22.7 Å². The van der Waals surface area contributed by atoms with Crippen molar-refractivity contribution >= 4 is 51.2 Å². The minimum absolute atomic E-state index is 0.117. The second kappa shape index (κ2) is 9.83. The third kappa shape index (κ3) is 5.27. The summed E-state index contributed by atoms with van der Waals surface area (Å²) < 4.78 is 46.7. The van der Waals surface area contributed by atoms with E-state index < -0.39 is 17.3 Å². The molecule has 11 heteroatoms. The average Bonchev–Trinajstić information content (AvgIpc) is 3.19.